The number of rotatable bonds is 2. The van der Waals surface area contributed by atoms with Gasteiger partial charge in [-0.25, -0.2) is 4.98 Å². The lowest BCUT2D eigenvalue weighted by molar-refractivity contribution is -0.134. The molecule has 1 spiro atoms. The summed E-state index contributed by atoms with van der Waals surface area (Å²) in [5.41, 5.74) is 0.948. The highest BCUT2D eigenvalue weighted by Gasteiger charge is 2.59. The van der Waals surface area contributed by atoms with Crippen LogP contribution in [0.4, 0.5) is 5.82 Å². The second-order valence-corrected chi connectivity index (χ2v) is 9.03. The molecule has 1 saturated carbocycles. The zero-order valence-corrected chi connectivity index (χ0v) is 18.2. The molecule has 0 bridgehead atoms. The van der Waals surface area contributed by atoms with Gasteiger partial charge in [0.15, 0.2) is 0 Å². The van der Waals surface area contributed by atoms with Gasteiger partial charge in [-0.2, -0.15) is 0 Å². The Balaban J connectivity index is 1.11. The van der Waals surface area contributed by atoms with E-state index in [-0.39, 0.29) is 17.2 Å². The third kappa shape index (κ3) is 4.20. The van der Waals surface area contributed by atoms with Crippen molar-refractivity contribution < 1.29 is 9.59 Å². The molecule has 0 unspecified atom stereocenters. The molecular weight excluding hydrogens is 400 g/mol. The molecule has 32 heavy (non-hydrogen) atoms. The van der Waals surface area contributed by atoms with E-state index >= 15 is 0 Å². The third-order valence-electron chi connectivity index (χ3n) is 7.19. The molecule has 0 N–H and O–H groups in total. The number of hydrogen-bond donors (Lipinski definition) is 0. The van der Waals surface area contributed by atoms with Crippen LogP contribution >= 0.6 is 0 Å². The van der Waals surface area contributed by atoms with Crippen LogP contribution in [0.5, 0.6) is 0 Å². The first-order chi connectivity index (χ1) is 15.6. The van der Waals surface area contributed by atoms with E-state index in [1.807, 2.05) is 64.5 Å². The summed E-state index contributed by atoms with van der Waals surface area (Å²) in [6, 6.07) is 15.5. The van der Waals surface area contributed by atoms with Crippen molar-refractivity contribution in [2.75, 3.05) is 44.2 Å². The Kier molecular flexibility index (Phi) is 5.57. The number of nitrogens with zero attached hydrogens (tertiary/aromatic N) is 4. The summed E-state index contributed by atoms with van der Waals surface area (Å²) < 4.78 is 0. The van der Waals surface area contributed by atoms with Crippen LogP contribution in [0.3, 0.4) is 0 Å². The molecular formula is C26H28N4O2. The van der Waals surface area contributed by atoms with Crippen LogP contribution in [0.2, 0.25) is 0 Å². The maximum absolute atomic E-state index is 13.1. The molecule has 3 aliphatic rings. The van der Waals surface area contributed by atoms with Gasteiger partial charge in [-0.1, -0.05) is 30.2 Å². The highest BCUT2D eigenvalue weighted by molar-refractivity contribution is 5.94. The molecule has 2 aliphatic heterocycles. The number of aromatic nitrogens is 1. The number of hydrogen-bond acceptors (Lipinski definition) is 4. The van der Waals surface area contributed by atoms with Crippen molar-refractivity contribution >= 4 is 17.6 Å². The first-order valence-electron chi connectivity index (χ1n) is 11.5. The van der Waals surface area contributed by atoms with Gasteiger partial charge in [0.1, 0.15) is 5.82 Å². The Labute approximate surface area is 189 Å². The molecule has 3 fully saturated rings. The molecule has 5 rings (SSSR count). The maximum atomic E-state index is 13.1. The number of carbonyl (C=O) groups is 2. The molecule has 2 amide bonds. The van der Waals surface area contributed by atoms with Crippen molar-refractivity contribution in [3.8, 4) is 11.8 Å². The fourth-order valence-electron chi connectivity index (χ4n) is 5.05. The summed E-state index contributed by atoms with van der Waals surface area (Å²) in [6.45, 7) is 4.54. The van der Waals surface area contributed by atoms with Crippen LogP contribution in [-0.2, 0) is 9.59 Å². The van der Waals surface area contributed by atoms with Crippen LogP contribution in [0.15, 0.2) is 54.7 Å². The number of carbonyl (C=O) groups excluding carboxylic acids is 2. The minimum Gasteiger partial charge on any atom is -0.353 e. The first kappa shape index (κ1) is 20.6. The lowest BCUT2D eigenvalue weighted by Crippen LogP contribution is -2.50. The van der Waals surface area contributed by atoms with Gasteiger partial charge in [-0.15, -0.1) is 0 Å². The monoisotopic (exact) mass is 428 g/mol. The summed E-state index contributed by atoms with van der Waals surface area (Å²) in [6.07, 6.45) is 4.57. The van der Waals surface area contributed by atoms with E-state index in [2.05, 4.69) is 21.7 Å². The van der Waals surface area contributed by atoms with Crippen LogP contribution in [0, 0.1) is 23.2 Å². The van der Waals surface area contributed by atoms with E-state index in [4.69, 9.17) is 0 Å². The molecule has 2 saturated heterocycles. The number of piperazine rings is 1. The Morgan fingerprint density at radius 1 is 0.875 bits per heavy atom. The lowest BCUT2D eigenvalue weighted by Gasteiger charge is -2.36. The third-order valence-corrected chi connectivity index (χ3v) is 7.19. The second-order valence-electron chi connectivity index (χ2n) is 9.03. The Morgan fingerprint density at radius 3 is 2.28 bits per heavy atom. The normalized spacial score (nSPS) is 21.6. The van der Waals surface area contributed by atoms with Crippen molar-refractivity contribution in [3.05, 3.63) is 60.3 Å². The van der Waals surface area contributed by atoms with Gasteiger partial charge in [-0.3, -0.25) is 9.59 Å². The molecule has 1 aliphatic carbocycles. The lowest BCUT2D eigenvalue weighted by atomic mass is 9.90. The highest BCUT2D eigenvalue weighted by Crippen LogP contribution is 2.60. The summed E-state index contributed by atoms with van der Waals surface area (Å²) in [7, 11) is 0. The van der Waals surface area contributed by atoms with Gasteiger partial charge < -0.3 is 14.7 Å². The fraction of sp³-hybridized carbons (Fsp3) is 0.423. The summed E-state index contributed by atoms with van der Waals surface area (Å²) >= 11 is 0. The predicted octanol–water partition coefficient (Wildman–Crippen LogP) is 2.41. The summed E-state index contributed by atoms with van der Waals surface area (Å²) in [5, 5.41) is 0. The Hall–Kier alpha value is -3.33. The molecule has 164 valence electrons. The second kappa shape index (κ2) is 8.66. The van der Waals surface area contributed by atoms with Crippen LogP contribution in [0.25, 0.3) is 0 Å². The van der Waals surface area contributed by atoms with Crippen molar-refractivity contribution in [2.24, 2.45) is 11.3 Å². The molecule has 1 atom stereocenters. The number of piperidine rings is 1. The van der Waals surface area contributed by atoms with Crippen LogP contribution in [0.1, 0.15) is 24.8 Å². The SMILES string of the molecule is O=C(C#Cc1ccccc1)N1CCC2(CC1)C[C@H]2C(=O)N1CCN(c2ccccn2)CC1. The first-order valence-corrected chi connectivity index (χ1v) is 11.5. The molecule has 3 heterocycles. The van der Waals surface area contributed by atoms with Crippen molar-refractivity contribution in [1.29, 1.82) is 0 Å². The van der Waals surface area contributed by atoms with Gasteiger partial charge >= 0.3 is 0 Å². The van der Waals surface area contributed by atoms with Gasteiger partial charge in [-0.05, 0) is 48.9 Å². The fourth-order valence-corrected chi connectivity index (χ4v) is 5.05. The number of anilines is 1. The van der Waals surface area contributed by atoms with Crippen molar-refractivity contribution in [1.82, 2.24) is 14.8 Å². The standard InChI is InChI=1S/C26H28N4O2/c31-24(10-9-21-6-2-1-3-7-21)29-14-11-26(12-15-29)20-22(26)25(32)30-18-16-28(17-19-30)23-8-4-5-13-27-23/h1-8,13,22H,11-12,14-20H2/t22-/m0/s1. The van der Waals surface area contributed by atoms with Gasteiger partial charge in [0.25, 0.3) is 5.91 Å². The summed E-state index contributed by atoms with van der Waals surface area (Å²) in [5.74, 6) is 7.02. The number of benzene rings is 1. The quantitative estimate of drug-likeness (QED) is 0.690. The predicted molar refractivity (Wildman–Crippen MR) is 123 cm³/mol. The van der Waals surface area contributed by atoms with Crippen LogP contribution in [-0.4, -0.2) is 65.9 Å². The van der Waals surface area contributed by atoms with Crippen LogP contribution < -0.4 is 4.90 Å². The minimum absolute atomic E-state index is 0.0961. The molecule has 1 aromatic heterocycles. The Morgan fingerprint density at radius 2 is 1.59 bits per heavy atom. The van der Waals surface area contributed by atoms with E-state index < -0.39 is 0 Å². The molecule has 6 nitrogen and oxygen atoms in total. The van der Waals surface area contributed by atoms with E-state index in [1.54, 1.807) is 0 Å². The number of amides is 2. The molecule has 6 heteroatoms. The highest BCUT2D eigenvalue weighted by atomic mass is 16.2. The van der Waals surface area contributed by atoms with Crippen molar-refractivity contribution in [3.63, 3.8) is 0 Å². The molecule has 2 aromatic rings. The topological polar surface area (TPSA) is 56.8 Å². The van der Waals surface area contributed by atoms with Gasteiger partial charge in [0.05, 0.1) is 0 Å². The zero-order chi connectivity index (χ0) is 22.0. The minimum atomic E-state index is -0.113. The van der Waals surface area contributed by atoms with E-state index in [0.717, 1.165) is 56.8 Å². The average molecular weight is 429 g/mol. The average Bonchev–Trinajstić information content (AvgIpc) is 3.56. The number of likely N-dealkylation sites (tertiary alicyclic amines) is 1. The molecule has 0 radical (unpaired) electrons. The van der Waals surface area contributed by atoms with Gasteiger partial charge in [0.2, 0.25) is 5.91 Å². The van der Waals surface area contributed by atoms with E-state index in [0.29, 0.717) is 19.0 Å². The largest absolute Gasteiger partial charge is 0.353 e. The maximum Gasteiger partial charge on any atom is 0.298 e. The smallest absolute Gasteiger partial charge is 0.298 e. The molecule has 1 aromatic carbocycles. The van der Waals surface area contributed by atoms with E-state index in [1.165, 1.54) is 0 Å². The van der Waals surface area contributed by atoms with Gasteiger partial charge in [0, 0.05) is 62.9 Å². The Bertz CT molecular complexity index is 1030. The number of pyridine rings is 1. The van der Waals surface area contributed by atoms with Crippen molar-refractivity contribution in [2.45, 2.75) is 19.3 Å². The zero-order valence-electron chi connectivity index (χ0n) is 18.2. The van der Waals surface area contributed by atoms with E-state index in [9.17, 15) is 9.59 Å². The summed E-state index contributed by atoms with van der Waals surface area (Å²) in [4.78, 5) is 36.2.